The molecule has 1 saturated carbocycles. The lowest BCUT2D eigenvalue weighted by atomic mass is 9.97. The van der Waals surface area contributed by atoms with Gasteiger partial charge in [0.1, 0.15) is 0 Å². The van der Waals surface area contributed by atoms with Crippen LogP contribution >= 0.6 is 0 Å². The Morgan fingerprint density at radius 1 is 1.29 bits per heavy atom. The second-order valence-corrected chi connectivity index (χ2v) is 5.07. The molecule has 0 bridgehead atoms. The minimum Gasteiger partial charge on any atom is -0.377 e. The van der Waals surface area contributed by atoms with Gasteiger partial charge in [0.25, 0.3) is 0 Å². The van der Waals surface area contributed by atoms with Crippen molar-refractivity contribution in [2.24, 2.45) is 4.99 Å². The summed E-state index contributed by atoms with van der Waals surface area (Å²) in [6.07, 6.45) is 3.63. The summed E-state index contributed by atoms with van der Waals surface area (Å²) in [6, 6.07) is 4.30. The van der Waals surface area contributed by atoms with Gasteiger partial charge in [0.05, 0.1) is 5.54 Å². The van der Waals surface area contributed by atoms with Gasteiger partial charge in [-0.05, 0) is 49.4 Å². The molecule has 3 nitrogen and oxygen atoms in total. The molecule has 0 aliphatic heterocycles. The Morgan fingerprint density at radius 2 is 1.94 bits per heavy atom. The van der Waals surface area contributed by atoms with E-state index >= 15 is 0 Å². The van der Waals surface area contributed by atoms with E-state index < -0.39 is 0 Å². The lowest BCUT2D eigenvalue weighted by molar-refractivity contribution is 0.556. The molecule has 1 fully saturated rings. The van der Waals surface area contributed by atoms with E-state index in [2.05, 4.69) is 35.9 Å². The Hall–Kier alpha value is -1.60. The summed E-state index contributed by atoms with van der Waals surface area (Å²) in [5, 5.41) is 0. The van der Waals surface area contributed by atoms with E-state index in [1.54, 1.807) is 6.08 Å². The number of isocyanates is 1. The fraction of sp³-hybridized carbons (Fsp3) is 0.500. The van der Waals surface area contributed by atoms with Gasteiger partial charge in [0.2, 0.25) is 6.08 Å². The SMILES string of the molecule is Cc1cc(C2(N=C=O)CC2)cc(N(C)C)c1C. The summed E-state index contributed by atoms with van der Waals surface area (Å²) in [5.41, 5.74) is 4.61. The molecule has 17 heavy (non-hydrogen) atoms. The van der Waals surface area contributed by atoms with Gasteiger partial charge in [0, 0.05) is 19.8 Å². The van der Waals surface area contributed by atoms with Crippen molar-refractivity contribution in [1.82, 2.24) is 0 Å². The van der Waals surface area contributed by atoms with Gasteiger partial charge >= 0.3 is 0 Å². The first-order valence-corrected chi connectivity index (χ1v) is 5.88. The minimum atomic E-state index is -0.273. The van der Waals surface area contributed by atoms with Crippen LogP contribution in [0.25, 0.3) is 0 Å². The number of benzene rings is 1. The molecular weight excluding hydrogens is 212 g/mol. The van der Waals surface area contributed by atoms with Crippen LogP contribution in [0.1, 0.15) is 29.5 Å². The Labute approximate surface area is 102 Å². The van der Waals surface area contributed by atoms with Crippen LogP contribution in [0.15, 0.2) is 17.1 Å². The molecule has 1 aliphatic carbocycles. The summed E-state index contributed by atoms with van der Waals surface area (Å²) in [4.78, 5) is 16.6. The van der Waals surface area contributed by atoms with Gasteiger partial charge in [-0.25, -0.2) is 4.79 Å². The van der Waals surface area contributed by atoms with Crippen LogP contribution in [0, 0.1) is 13.8 Å². The number of aliphatic imine (C=N–C) groups is 1. The molecule has 1 aromatic carbocycles. The number of anilines is 1. The zero-order chi connectivity index (χ0) is 12.6. The van der Waals surface area contributed by atoms with Crippen LogP contribution in [0.3, 0.4) is 0 Å². The van der Waals surface area contributed by atoms with Gasteiger partial charge in [0.15, 0.2) is 0 Å². The molecule has 1 aromatic rings. The summed E-state index contributed by atoms with van der Waals surface area (Å²) in [7, 11) is 4.07. The predicted octanol–water partition coefficient (Wildman–Crippen LogP) is 2.69. The lowest BCUT2D eigenvalue weighted by Gasteiger charge is -2.20. The Balaban J connectivity index is 2.54. The molecule has 0 heterocycles. The van der Waals surface area contributed by atoms with Crippen LogP contribution in [-0.4, -0.2) is 20.2 Å². The molecule has 1 aliphatic rings. The van der Waals surface area contributed by atoms with Crippen LogP contribution in [0.2, 0.25) is 0 Å². The van der Waals surface area contributed by atoms with Crippen molar-refractivity contribution in [2.45, 2.75) is 32.2 Å². The highest BCUT2D eigenvalue weighted by Gasteiger charge is 2.45. The fourth-order valence-corrected chi connectivity index (χ4v) is 2.24. The van der Waals surface area contributed by atoms with E-state index in [4.69, 9.17) is 0 Å². The zero-order valence-electron chi connectivity index (χ0n) is 10.9. The van der Waals surface area contributed by atoms with E-state index in [-0.39, 0.29) is 5.54 Å². The third-order valence-electron chi connectivity index (χ3n) is 3.64. The molecule has 0 spiro atoms. The number of rotatable bonds is 3. The van der Waals surface area contributed by atoms with Crippen molar-refractivity contribution in [3.05, 3.63) is 28.8 Å². The number of aryl methyl sites for hydroxylation is 1. The smallest absolute Gasteiger partial charge is 0.235 e. The minimum absolute atomic E-state index is 0.273. The highest BCUT2D eigenvalue weighted by atomic mass is 16.1. The molecule has 0 amide bonds. The van der Waals surface area contributed by atoms with Crippen molar-refractivity contribution in [2.75, 3.05) is 19.0 Å². The van der Waals surface area contributed by atoms with Crippen molar-refractivity contribution in [3.8, 4) is 0 Å². The highest BCUT2D eigenvalue weighted by Crippen LogP contribution is 2.50. The average Bonchev–Trinajstić information content (AvgIpc) is 3.03. The fourth-order valence-electron chi connectivity index (χ4n) is 2.24. The van der Waals surface area contributed by atoms with E-state index in [1.165, 1.54) is 16.8 Å². The second kappa shape index (κ2) is 4.01. The van der Waals surface area contributed by atoms with E-state index in [9.17, 15) is 4.79 Å². The topological polar surface area (TPSA) is 32.7 Å². The Bertz CT molecular complexity index is 495. The maximum atomic E-state index is 10.5. The van der Waals surface area contributed by atoms with Crippen LogP contribution < -0.4 is 4.90 Å². The summed E-state index contributed by atoms with van der Waals surface area (Å²) >= 11 is 0. The normalized spacial score (nSPS) is 16.2. The maximum absolute atomic E-state index is 10.5. The van der Waals surface area contributed by atoms with Gasteiger partial charge in [-0.3, -0.25) is 0 Å². The largest absolute Gasteiger partial charge is 0.377 e. The molecule has 0 N–H and O–H groups in total. The summed E-state index contributed by atoms with van der Waals surface area (Å²) in [5.74, 6) is 0. The third kappa shape index (κ3) is 1.98. The number of nitrogens with zero attached hydrogens (tertiary/aromatic N) is 2. The lowest BCUT2D eigenvalue weighted by Crippen LogP contribution is -2.13. The number of hydrogen-bond donors (Lipinski definition) is 0. The van der Waals surface area contributed by atoms with Crippen molar-refractivity contribution in [3.63, 3.8) is 0 Å². The third-order valence-corrected chi connectivity index (χ3v) is 3.64. The van der Waals surface area contributed by atoms with Crippen LogP contribution in [-0.2, 0) is 10.3 Å². The molecule has 0 aromatic heterocycles. The van der Waals surface area contributed by atoms with E-state index in [1.807, 2.05) is 14.1 Å². The van der Waals surface area contributed by atoms with Gasteiger partial charge in [-0.15, -0.1) is 0 Å². The molecule has 3 heteroatoms. The Morgan fingerprint density at radius 3 is 2.41 bits per heavy atom. The summed E-state index contributed by atoms with van der Waals surface area (Å²) in [6.45, 7) is 4.23. The second-order valence-electron chi connectivity index (χ2n) is 5.07. The van der Waals surface area contributed by atoms with Crippen molar-refractivity contribution < 1.29 is 4.79 Å². The zero-order valence-corrected chi connectivity index (χ0v) is 10.9. The highest BCUT2D eigenvalue weighted by molar-refractivity contribution is 5.59. The predicted molar refractivity (Wildman–Crippen MR) is 69.3 cm³/mol. The van der Waals surface area contributed by atoms with Gasteiger partial charge in [-0.2, -0.15) is 4.99 Å². The van der Waals surface area contributed by atoms with Crippen LogP contribution in [0.5, 0.6) is 0 Å². The first kappa shape index (κ1) is 11.9. The number of carbonyl (C=O) groups excluding carboxylic acids is 1. The maximum Gasteiger partial charge on any atom is 0.235 e. The van der Waals surface area contributed by atoms with Crippen LogP contribution in [0.4, 0.5) is 5.69 Å². The summed E-state index contributed by atoms with van der Waals surface area (Å²) < 4.78 is 0. The molecule has 0 radical (unpaired) electrons. The molecule has 90 valence electrons. The quantitative estimate of drug-likeness (QED) is 0.590. The first-order valence-electron chi connectivity index (χ1n) is 5.88. The standard InChI is InChI=1S/C14H18N2O/c1-10-7-12(14(5-6-14)15-9-17)8-13(11(10)2)16(3)4/h7-8H,5-6H2,1-4H3. The van der Waals surface area contributed by atoms with Crippen molar-refractivity contribution >= 4 is 11.8 Å². The molecule has 2 rings (SSSR count). The molecular formula is C14H18N2O. The first-order chi connectivity index (χ1) is 8.00. The van der Waals surface area contributed by atoms with Crippen molar-refractivity contribution in [1.29, 1.82) is 0 Å². The Kier molecular flexibility index (Phi) is 2.80. The molecule has 0 saturated heterocycles. The van der Waals surface area contributed by atoms with E-state index in [0.29, 0.717) is 0 Å². The molecule has 0 atom stereocenters. The number of hydrogen-bond acceptors (Lipinski definition) is 3. The monoisotopic (exact) mass is 230 g/mol. The molecule has 0 unspecified atom stereocenters. The van der Waals surface area contributed by atoms with Gasteiger partial charge in [-0.1, -0.05) is 6.07 Å². The van der Waals surface area contributed by atoms with Gasteiger partial charge < -0.3 is 4.90 Å². The average molecular weight is 230 g/mol. The van der Waals surface area contributed by atoms with E-state index in [0.717, 1.165) is 18.4 Å².